The fraction of sp³-hybridized carbons (Fsp3) is 0.333. The van der Waals surface area contributed by atoms with Crippen LogP contribution in [0.1, 0.15) is 38.5 Å². The Kier molecular flexibility index (Phi) is 4.59. The van der Waals surface area contributed by atoms with Crippen molar-refractivity contribution in [2.24, 2.45) is 0 Å². The van der Waals surface area contributed by atoms with Crippen molar-refractivity contribution in [3.8, 4) is 0 Å². The zero-order chi connectivity index (χ0) is 15.4. The van der Waals surface area contributed by atoms with E-state index in [1.807, 2.05) is 13.8 Å². The third-order valence-electron chi connectivity index (χ3n) is 3.02. The number of nitrogens with zero attached hydrogens (tertiary/aromatic N) is 2. The Hall–Kier alpha value is -2.34. The summed E-state index contributed by atoms with van der Waals surface area (Å²) in [6.45, 7) is 5.70. The highest BCUT2D eigenvalue weighted by Crippen LogP contribution is 2.17. The van der Waals surface area contributed by atoms with Crippen LogP contribution in [0.25, 0.3) is 0 Å². The second kappa shape index (κ2) is 6.41. The number of hydrogen-bond acceptors (Lipinski definition) is 3. The first-order chi connectivity index (χ1) is 9.95. The number of carbonyl (C=O) groups excluding carboxylic acids is 1. The molecule has 0 aliphatic carbocycles. The van der Waals surface area contributed by atoms with Crippen LogP contribution in [0.5, 0.6) is 0 Å². The normalized spacial score (nSPS) is 12.2. The number of aromatic nitrogens is 2. The third-order valence-corrected chi connectivity index (χ3v) is 3.02. The van der Waals surface area contributed by atoms with Crippen molar-refractivity contribution < 1.29 is 9.90 Å². The van der Waals surface area contributed by atoms with Crippen LogP contribution >= 0.6 is 0 Å². The minimum atomic E-state index is -0.570. The van der Waals surface area contributed by atoms with Gasteiger partial charge >= 0.3 is 6.03 Å². The van der Waals surface area contributed by atoms with Crippen molar-refractivity contribution in [3.63, 3.8) is 0 Å². The van der Waals surface area contributed by atoms with E-state index in [0.717, 1.165) is 5.56 Å². The lowest BCUT2D eigenvalue weighted by molar-refractivity contribution is 0.199. The van der Waals surface area contributed by atoms with Gasteiger partial charge in [-0.25, -0.2) is 4.79 Å². The Morgan fingerprint density at radius 2 is 1.95 bits per heavy atom. The molecule has 0 saturated heterocycles. The van der Waals surface area contributed by atoms with E-state index < -0.39 is 6.10 Å². The van der Waals surface area contributed by atoms with E-state index in [-0.39, 0.29) is 12.1 Å². The number of anilines is 2. The van der Waals surface area contributed by atoms with E-state index in [2.05, 4.69) is 15.7 Å². The van der Waals surface area contributed by atoms with Gasteiger partial charge in [0, 0.05) is 17.9 Å². The van der Waals surface area contributed by atoms with E-state index in [1.54, 1.807) is 48.3 Å². The Morgan fingerprint density at radius 3 is 2.57 bits per heavy atom. The van der Waals surface area contributed by atoms with Crippen LogP contribution < -0.4 is 10.6 Å². The Labute approximate surface area is 123 Å². The number of rotatable bonds is 4. The number of hydrogen-bond donors (Lipinski definition) is 3. The van der Waals surface area contributed by atoms with Crippen LogP contribution in [0, 0.1) is 0 Å². The molecule has 1 aromatic heterocycles. The maximum absolute atomic E-state index is 11.9. The molecule has 0 aliphatic rings. The number of amides is 2. The molecule has 112 valence electrons. The Balaban J connectivity index is 1.99. The highest BCUT2D eigenvalue weighted by molar-refractivity contribution is 5.99. The predicted molar refractivity (Wildman–Crippen MR) is 82.3 cm³/mol. The lowest BCUT2D eigenvalue weighted by atomic mass is 10.1. The lowest BCUT2D eigenvalue weighted by Gasteiger charge is -2.09. The summed E-state index contributed by atoms with van der Waals surface area (Å²) in [6.07, 6.45) is 2.81. The van der Waals surface area contributed by atoms with Gasteiger partial charge in [0.2, 0.25) is 0 Å². The molecule has 0 fully saturated rings. The molecule has 6 heteroatoms. The number of nitrogens with one attached hydrogen (secondary N) is 2. The molecule has 0 aliphatic heterocycles. The summed E-state index contributed by atoms with van der Waals surface area (Å²) in [7, 11) is 0. The first-order valence-electron chi connectivity index (χ1n) is 6.86. The molecule has 0 saturated carbocycles. The highest BCUT2D eigenvalue weighted by Gasteiger charge is 2.07. The molecular weight excluding hydrogens is 268 g/mol. The topological polar surface area (TPSA) is 79.2 Å². The highest BCUT2D eigenvalue weighted by atomic mass is 16.3. The van der Waals surface area contributed by atoms with Gasteiger partial charge in [0.05, 0.1) is 18.0 Å². The summed E-state index contributed by atoms with van der Waals surface area (Å²) in [4.78, 5) is 11.9. The monoisotopic (exact) mass is 288 g/mol. The number of benzene rings is 1. The van der Waals surface area contributed by atoms with Crippen molar-refractivity contribution in [3.05, 3.63) is 42.2 Å². The summed E-state index contributed by atoms with van der Waals surface area (Å²) in [5.74, 6) is 0. The van der Waals surface area contributed by atoms with Crippen molar-refractivity contribution in [2.75, 3.05) is 10.6 Å². The number of urea groups is 1. The molecule has 6 nitrogen and oxygen atoms in total. The van der Waals surface area contributed by atoms with Crippen LogP contribution in [-0.2, 0) is 0 Å². The number of aliphatic hydroxyl groups excluding tert-OH is 1. The Morgan fingerprint density at radius 1 is 1.24 bits per heavy atom. The first kappa shape index (κ1) is 15.1. The fourth-order valence-corrected chi connectivity index (χ4v) is 1.85. The SMILES string of the molecule is CC(O)c1cccc(NC(=O)Nc2cnn(C(C)C)c2)c1. The molecule has 1 aromatic carbocycles. The second-order valence-electron chi connectivity index (χ2n) is 5.18. The van der Waals surface area contributed by atoms with Gasteiger partial charge in [-0.15, -0.1) is 0 Å². The van der Waals surface area contributed by atoms with Crippen molar-refractivity contribution in [1.29, 1.82) is 0 Å². The van der Waals surface area contributed by atoms with E-state index in [0.29, 0.717) is 11.4 Å². The molecule has 2 rings (SSSR count). The molecule has 0 bridgehead atoms. The van der Waals surface area contributed by atoms with Gasteiger partial charge in [-0.2, -0.15) is 5.10 Å². The van der Waals surface area contributed by atoms with Crippen LogP contribution in [0.4, 0.5) is 16.2 Å². The maximum atomic E-state index is 11.9. The summed E-state index contributed by atoms with van der Waals surface area (Å²) in [6, 6.07) is 6.99. The van der Waals surface area contributed by atoms with Gasteiger partial charge in [-0.1, -0.05) is 12.1 Å². The summed E-state index contributed by atoms with van der Waals surface area (Å²) >= 11 is 0. The van der Waals surface area contributed by atoms with E-state index in [1.165, 1.54) is 0 Å². The zero-order valence-electron chi connectivity index (χ0n) is 12.4. The van der Waals surface area contributed by atoms with Crippen LogP contribution in [0.2, 0.25) is 0 Å². The molecule has 2 aromatic rings. The average molecular weight is 288 g/mol. The third kappa shape index (κ3) is 4.06. The quantitative estimate of drug-likeness (QED) is 0.808. The van der Waals surface area contributed by atoms with Crippen molar-refractivity contribution >= 4 is 17.4 Å². The van der Waals surface area contributed by atoms with Gasteiger partial charge < -0.3 is 15.7 Å². The molecule has 3 N–H and O–H groups in total. The lowest BCUT2D eigenvalue weighted by Crippen LogP contribution is -2.19. The van der Waals surface area contributed by atoms with Gasteiger partial charge in [0.1, 0.15) is 0 Å². The predicted octanol–water partition coefficient (Wildman–Crippen LogP) is 3.16. The summed E-state index contributed by atoms with van der Waals surface area (Å²) in [5, 5.41) is 19.1. The van der Waals surface area contributed by atoms with E-state index in [4.69, 9.17) is 0 Å². The molecule has 1 atom stereocenters. The van der Waals surface area contributed by atoms with E-state index in [9.17, 15) is 9.90 Å². The number of aliphatic hydroxyl groups is 1. The van der Waals surface area contributed by atoms with Crippen molar-refractivity contribution in [2.45, 2.75) is 32.9 Å². The fourth-order valence-electron chi connectivity index (χ4n) is 1.85. The average Bonchev–Trinajstić information content (AvgIpc) is 2.87. The first-order valence-corrected chi connectivity index (χ1v) is 6.86. The number of carbonyl (C=O) groups is 1. The molecule has 1 heterocycles. The zero-order valence-corrected chi connectivity index (χ0v) is 12.4. The molecule has 21 heavy (non-hydrogen) atoms. The van der Waals surface area contributed by atoms with E-state index >= 15 is 0 Å². The van der Waals surface area contributed by atoms with Gasteiger partial charge in [0.25, 0.3) is 0 Å². The molecule has 0 spiro atoms. The molecule has 2 amide bonds. The van der Waals surface area contributed by atoms with Gasteiger partial charge in [-0.05, 0) is 38.5 Å². The standard InChI is InChI=1S/C15H20N4O2/c1-10(2)19-9-14(8-16-19)18-15(21)17-13-6-4-5-12(7-13)11(3)20/h4-11,20H,1-3H3,(H2,17,18,21). The second-order valence-corrected chi connectivity index (χ2v) is 5.18. The largest absolute Gasteiger partial charge is 0.389 e. The minimum Gasteiger partial charge on any atom is -0.389 e. The maximum Gasteiger partial charge on any atom is 0.323 e. The van der Waals surface area contributed by atoms with Crippen LogP contribution in [-0.4, -0.2) is 20.9 Å². The summed E-state index contributed by atoms with van der Waals surface area (Å²) < 4.78 is 1.77. The van der Waals surface area contributed by atoms with Gasteiger partial charge in [-0.3, -0.25) is 4.68 Å². The minimum absolute atomic E-state index is 0.242. The molecule has 1 unspecified atom stereocenters. The van der Waals surface area contributed by atoms with Crippen LogP contribution in [0.15, 0.2) is 36.7 Å². The van der Waals surface area contributed by atoms with Crippen LogP contribution in [0.3, 0.4) is 0 Å². The van der Waals surface area contributed by atoms with Gasteiger partial charge in [0.15, 0.2) is 0 Å². The summed E-state index contributed by atoms with van der Waals surface area (Å²) in [5.41, 5.74) is 2.01. The molecule has 0 radical (unpaired) electrons. The molecular formula is C15H20N4O2. The Bertz CT molecular complexity index is 620. The smallest absolute Gasteiger partial charge is 0.323 e. The van der Waals surface area contributed by atoms with Crippen molar-refractivity contribution in [1.82, 2.24) is 9.78 Å².